The van der Waals surface area contributed by atoms with Crippen LogP contribution < -0.4 is 0 Å². The van der Waals surface area contributed by atoms with Crippen LogP contribution in [0, 0.1) is 5.82 Å². The van der Waals surface area contributed by atoms with E-state index in [0.717, 1.165) is 36.5 Å². The molecular weight excluding hydrogens is 293 g/mol. The minimum Gasteiger partial charge on any atom is -0.360 e. The Balaban J connectivity index is 1.62. The van der Waals surface area contributed by atoms with Gasteiger partial charge in [-0.3, -0.25) is 9.88 Å². The zero-order chi connectivity index (χ0) is 15.6. The van der Waals surface area contributed by atoms with Crippen molar-refractivity contribution in [3.63, 3.8) is 0 Å². The average Bonchev–Trinajstić information content (AvgIpc) is 2.99. The van der Waals surface area contributed by atoms with Gasteiger partial charge in [0.25, 0.3) is 0 Å². The van der Waals surface area contributed by atoms with Gasteiger partial charge in [0.1, 0.15) is 17.3 Å². The van der Waals surface area contributed by atoms with E-state index in [1.54, 1.807) is 18.3 Å². The fourth-order valence-corrected chi connectivity index (χ4v) is 2.99. The molecule has 1 aliphatic rings. The first-order valence-corrected chi connectivity index (χ1v) is 7.66. The second-order valence-corrected chi connectivity index (χ2v) is 5.69. The van der Waals surface area contributed by atoms with E-state index in [-0.39, 0.29) is 5.82 Å². The third-order valence-electron chi connectivity index (χ3n) is 4.15. The summed E-state index contributed by atoms with van der Waals surface area (Å²) in [5, 5.41) is 4.11. The van der Waals surface area contributed by atoms with Crippen molar-refractivity contribution < 1.29 is 8.91 Å². The summed E-state index contributed by atoms with van der Waals surface area (Å²) in [7, 11) is 0. The molecule has 0 fully saturated rings. The van der Waals surface area contributed by atoms with Crippen molar-refractivity contribution >= 4 is 0 Å². The van der Waals surface area contributed by atoms with E-state index in [1.165, 1.54) is 6.07 Å². The molecule has 4 nitrogen and oxygen atoms in total. The topological polar surface area (TPSA) is 42.2 Å². The first-order valence-electron chi connectivity index (χ1n) is 7.66. The van der Waals surface area contributed by atoms with E-state index in [0.29, 0.717) is 17.8 Å². The van der Waals surface area contributed by atoms with E-state index in [4.69, 9.17) is 4.52 Å². The standard InChI is InChI=1S/C18H16FN3O/c19-16-7-2-1-6-14(16)18-15-12-22(10-8-17(15)23-21-18)11-13-5-3-4-9-20-13/h1-7,9H,8,10-12H2. The van der Waals surface area contributed by atoms with E-state index in [9.17, 15) is 4.39 Å². The van der Waals surface area contributed by atoms with Crippen molar-refractivity contribution in [2.75, 3.05) is 6.54 Å². The fraction of sp³-hybridized carbons (Fsp3) is 0.222. The lowest BCUT2D eigenvalue weighted by atomic mass is 10.0. The number of pyridine rings is 1. The number of rotatable bonds is 3. The van der Waals surface area contributed by atoms with E-state index >= 15 is 0 Å². The van der Waals surface area contributed by atoms with Gasteiger partial charge in [-0.1, -0.05) is 23.4 Å². The van der Waals surface area contributed by atoms with Crippen LogP contribution in [0.1, 0.15) is 17.0 Å². The van der Waals surface area contributed by atoms with Crippen molar-refractivity contribution in [2.45, 2.75) is 19.5 Å². The van der Waals surface area contributed by atoms with Crippen LogP contribution in [-0.2, 0) is 19.5 Å². The molecule has 23 heavy (non-hydrogen) atoms. The van der Waals surface area contributed by atoms with Crippen molar-refractivity contribution in [2.24, 2.45) is 0 Å². The number of fused-ring (bicyclic) bond motifs is 1. The first-order chi connectivity index (χ1) is 11.3. The molecular formula is C18H16FN3O. The van der Waals surface area contributed by atoms with Crippen LogP contribution in [0.15, 0.2) is 53.2 Å². The maximum Gasteiger partial charge on any atom is 0.143 e. The molecule has 0 N–H and O–H groups in total. The molecule has 0 saturated heterocycles. The number of nitrogens with zero attached hydrogens (tertiary/aromatic N) is 3. The minimum atomic E-state index is -0.273. The zero-order valence-corrected chi connectivity index (χ0v) is 12.6. The van der Waals surface area contributed by atoms with Crippen LogP contribution in [-0.4, -0.2) is 21.6 Å². The Morgan fingerprint density at radius 3 is 2.83 bits per heavy atom. The summed E-state index contributed by atoms with van der Waals surface area (Å²) >= 11 is 0. The summed E-state index contributed by atoms with van der Waals surface area (Å²) in [4.78, 5) is 6.65. The lowest BCUT2D eigenvalue weighted by molar-refractivity contribution is 0.226. The van der Waals surface area contributed by atoms with Crippen LogP contribution in [0.5, 0.6) is 0 Å². The molecule has 3 heterocycles. The highest BCUT2D eigenvalue weighted by atomic mass is 19.1. The molecule has 0 unspecified atom stereocenters. The van der Waals surface area contributed by atoms with Gasteiger partial charge in [0, 0.05) is 43.4 Å². The molecule has 0 aliphatic carbocycles. The smallest absolute Gasteiger partial charge is 0.143 e. The molecule has 0 spiro atoms. The van der Waals surface area contributed by atoms with Crippen LogP contribution in [0.2, 0.25) is 0 Å². The summed E-state index contributed by atoms with van der Waals surface area (Å²) in [5.41, 5.74) is 3.12. The Morgan fingerprint density at radius 2 is 2.00 bits per heavy atom. The SMILES string of the molecule is Fc1ccccc1-c1noc2c1CN(Cc1ccccn1)CC2. The molecule has 2 aromatic heterocycles. The minimum absolute atomic E-state index is 0.273. The first kappa shape index (κ1) is 14.1. The largest absolute Gasteiger partial charge is 0.360 e. The van der Waals surface area contributed by atoms with Crippen LogP contribution in [0.3, 0.4) is 0 Å². The van der Waals surface area contributed by atoms with Gasteiger partial charge in [-0.2, -0.15) is 0 Å². The Hall–Kier alpha value is -2.53. The number of aromatic nitrogens is 2. The fourth-order valence-electron chi connectivity index (χ4n) is 2.99. The van der Waals surface area contributed by atoms with Crippen molar-refractivity contribution in [3.05, 3.63) is 71.5 Å². The predicted molar refractivity (Wildman–Crippen MR) is 84.0 cm³/mol. The summed E-state index contributed by atoms with van der Waals surface area (Å²) in [6.07, 6.45) is 2.58. The Morgan fingerprint density at radius 1 is 1.13 bits per heavy atom. The molecule has 5 heteroatoms. The highest BCUT2D eigenvalue weighted by Crippen LogP contribution is 2.31. The lowest BCUT2D eigenvalue weighted by Crippen LogP contribution is -2.30. The van der Waals surface area contributed by atoms with Crippen LogP contribution in [0.4, 0.5) is 4.39 Å². The van der Waals surface area contributed by atoms with Gasteiger partial charge in [-0.05, 0) is 24.3 Å². The van der Waals surface area contributed by atoms with Gasteiger partial charge in [0.05, 0.1) is 5.69 Å². The summed E-state index contributed by atoms with van der Waals surface area (Å²) in [5.74, 6) is 0.589. The molecule has 0 saturated carbocycles. The number of benzene rings is 1. The van der Waals surface area contributed by atoms with Crippen LogP contribution >= 0.6 is 0 Å². The Kier molecular flexibility index (Phi) is 3.63. The van der Waals surface area contributed by atoms with Crippen molar-refractivity contribution in [1.82, 2.24) is 15.0 Å². The van der Waals surface area contributed by atoms with Gasteiger partial charge < -0.3 is 4.52 Å². The maximum atomic E-state index is 14.1. The van der Waals surface area contributed by atoms with Gasteiger partial charge in [0.15, 0.2) is 0 Å². The maximum absolute atomic E-state index is 14.1. The summed E-state index contributed by atoms with van der Waals surface area (Å²) in [6, 6.07) is 12.6. The average molecular weight is 309 g/mol. The molecule has 4 rings (SSSR count). The molecule has 1 aliphatic heterocycles. The molecule has 0 atom stereocenters. The lowest BCUT2D eigenvalue weighted by Gasteiger charge is -2.25. The normalized spacial score (nSPS) is 14.7. The number of halogens is 1. The van der Waals surface area contributed by atoms with Gasteiger partial charge in [-0.15, -0.1) is 0 Å². The molecule has 1 aromatic carbocycles. The highest BCUT2D eigenvalue weighted by Gasteiger charge is 2.26. The van der Waals surface area contributed by atoms with E-state index in [1.807, 2.05) is 24.3 Å². The Labute approximate surface area is 133 Å². The Bertz CT molecular complexity index is 816. The predicted octanol–water partition coefficient (Wildman–Crippen LogP) is 3.43. The number of hydrogen-bond donors (Lipinski definition) is 0. The molecule has 0 amide bonds. The van der Waals surface area contributed by atoms with Crippen LogP contribution in [0.25, 0.3) is 11.3 Å². The second-order valence-electron chi connectivity index (χ2n) is 5.69. The van der Waals surface area contributed by atoms with Gasteiger partial charge >= 0.3 is 0 Å². The molecule has 3 aromatic rings. The molecule has 0 radical (unpaired) electrons. The van der Waals surface area contributed by atoms with E-state index < -0.39 is 0 Å². The zero-order valence-electron chi connectivity index (χ0n) is 12.6. The molecule has 0 bridgehead atoms. The monoisotopic (exact) mass is 309 g/mol. The third-order valence-corrected chi connectivity index (χ3v) is 4.15. The molecule has 116 valence electrons. The van der Waals surface area contributed by atoms with Crippen molar-refractivity contribution in [3.8, 4) is 11.3 Å². The quantitative estimate of drug-likeness (QED) is 0.743. The summed E-state index contributed by atoms with van der Waals surface area (Å²) < 4.78 is 19.5. The number of hydrogen-bond acceptors (Lipinski definition) is 4. The van der Waals surface area contributed by atoms with Gasteiger partial charge in [0.2, 0.25) is 0 Å². The highest BCUT2D eigenvalue weighted by molar-refractivity contribution is 5.64. The van der Waals surface area contributed by atoms with Gasteiger partial charge in [-0.25, -0.2) is 4.39 Å². The van der Waals surface area contributed by atoms with E-state index in [2.05, 4.69) is 15.0 Å². The van der Waals surface area contributed by atoms with Crippen molar-refractivity contribution in [1.29, 1.82) is 0 Å². The second kappa shape index (κ2) is 5.93. The summed E-state index contributed by atoms with van der Waals surface area (Å²) in [6.45, 7) is 2.34. The third kappa shape index (κ3) is 2.75.